The molecule has 122 valence electrons. The van der Waals surface area contributed by atoms with E-state index >= 15 is 0 Å². The number of thioether (sulfide) groups is 1. The first-order chi connectivity index (χ1) is 11.1. The minimum Gasteiger partial charge on any atom is -0.493 e. The van der Waals surface area contributed by atoms with Crippen LogP contribution >= 0.6 is 11.8 Å². The standard InChI is InChI=1S/C18H21NO3S/c1-13-6-4-5-7-17(13)23-12-18(20)19-11-14-8-9-15(21-2)16(10-14)22-3/h4-10H,11-12H2,1-3H3,(H,19,20). The summed E-state index contributed by atoms with van der Waals surface area (Å²) in [5.74, 6) is 1.75. The summed E-state index contributed by atoms with van der Waals surface area (Å²) in [6.07, 6.45) is 0. The third-order valence-corrected chi connectivity index (χ3v) is 4.57. The summed E-state index contributed by atoms with van der Waals surface area (Å²) in [4.78, 5) is 13.1. The molecule has 0 fully saturated rings. The van der Waals surface area contributed by atoms with E-state index in [1.54, 1.807) is 26.0 Å². The summed E-state index contributed by atoms with van der Waals surface area (Å²) in [5.41, 5.74) is 2.15. The molecule has 4 nitrogen and oxygen atoms in total. The number of rotatable bonds is 7. The minimum absolute atomic E-state index is 0.00744. The van der Waals surface area contributed by atoms with Crippen molar-refractivity contribution in [1.82, 2.24) is 5.32 Å². The Kier molecular flexibility index (Phi) is 6.35. The maximum atomic E-state index is 12.0. The lowest BCUT2D eigenvalue weighted by Crippen LogP contribution is -2.24. The van der Waals surface area contributed by atoms with Crippen LogP contribution in [0.5, 0.6) is 11.5 Å². The van der Waals surface area contributed by atoms with Crippen LogP contribution in [0.1, 0.15) is 11.1 Å². The second-order valence-electron chi connectivity index (χ2n) is 5.02. The molecular formula is C18H21NO3S. The van der Waals surface area contributed by atoms with Crippen LogP contribution < -0.4 is 14.8 Å². The van der Waals surface area contributed by atoms with E-state index in [0.717, 1.165) is 10.5 Å². The molecule has 0 unspecified atom stereocenters. The van der Waals surface area contributed by atoms with Crippen molar-refractivity contribution in [3.63, 3.8) is 0 Å². The SMILES string of the molecule is COc1ccc(CNC(=O)CSc2ccccc2C)cc1OC. The molecule has 2 rings (SSSR count). The van der Waals surface area contributed by atoms with Crippen LogP contribution in [0, 0.1) is 6.92 Å². The Morgan fingerprint density at radius 1 is 1.09 bits per heavy atom. The van der Waals surface area contributed by atoms with Crippen LogP contribution in [0.4, 0.5) is 0 Å². The average Bonchev–Trinajstić information content (AvgIpc) is 2.58. The van der Waals surface area contributed by atoms with Crippen molar-refractivity contribution < 1.29 is 14.3 Å². The van der Waals surface area contributed by atoms with Gasteiger partial charge >= 0.3 is 0 Å². The molecule has 0 spiro atoms. The molecule has 5 heteroatoms. The van der Waals surface area contributed by atoms with Crippen molar-refractivity contribution in [1.29, 1.82) is 0 Å². The molecule has 1 amide bonds. The number of methoxy groups -OCH3 is 2. The molecule has 0 radical (unpaired) electrons. The molecule has 0 saturated heterocycles. The molecule has 0 aliphatic heterocycles. The smallest absolute Gasteiger partial charge is 0.230 e. The molecule has 2 aromatic carbocycles. The van der Waals surface area contributed by atoms with Gasteiger partial charge in [0, 0.05) is 11.4 Å². The largest absolute Gasteiger partial charge is 0.493 e. The van der Waals surface area contributed by atoms with Crippen LogP contribution in [0.2, 0.25) is 0 Å². The Labute approximate surface area is 141 Å². The van der Waals surface area contributed by atoms with Gasteiger partial charge in [0.2, 0.25) is 5.91 Å². The lowest BCUT2D eigenvalue weighted by Gasteiger charge is -2.10. The van der Waals surface area contributed by atoms with Gasteiger partial charge in [0.1, 0.15) is 0 Å². The maximum absolute atomic E-state index is 12.0. The van der Waals surface area contributed by atoms with E-state index in [4.69, 9.17) is 9.47 Å². The number of hydrogen-bond donors (Lipinski definition) is 1. The molecule has 1 N–H and O–H groups in total. The van der Waals surface area contributed by atoms with Gasteiger partial charge < -0.3 is 14.8 Å². The van der Waals surface area contributed by atoms with Gasteiger partial charge in [-0.25, -0.2) is 0 Å². The number of amides is 1. The fourth-order valence-corrected chi connectivity index (χ4v) is 2.96. The summed E-state index contributed by atoms with van der Waals surface area (Å²) in [5, 5.41) is 2.92. The van der Waals surface area contributed by atoms with Crippen LogP contribution in [-0.2, 0) is 11.3 Å². The molecule has 0 aromatic heterocycles. The Hall–Kier alpha value is -2.14. The van der Waals surface area contributed by atoms with Crippen molar-refractivity contribution in [3.8, 4) is 11.5 Å². The minimum atomic E-state index is 0.00744. The lowest BCUT2D eigenvalue weighted by molar-refractivity contribution is -0.118. The van der Waals surface area contributed by atoms with Crippen molar-refractivity contribution >= 4 is 17.7 Å². The van der Waals surface area contributed by atoms with E-state index in [-0.39, 0.29) is 5.91 Å². The van der Waals surface area contributed by atoms with Gasteiger partial charge in [-0.05, 0) is 36.2 Å². The quantitative estimate of drug-likeness (QED) is 0.790. The molecule has 0 heterocycles. The Morgan fingerprint density at radius 2 is 1.83 bits per heavy atom. The Balaban J connectivity index is 1.86. The van der Waals surface area contributed by atoms with Gasteiger partial charge in [-0.2, -0.15) is 0 Å². The average molecular weight is 331 g/mol. The van der Waals surface area contributed by atoms with Gasteiger partial charge in [-0.1, -0.05) is 24.3 Å². The molecule has 0 saturated carbocycles. The highest BCUT2D eigenvalue weighted by Crippen LogP contribution is 2.27. The third-order valence-electron chi connectivity index (χ3n) is 3.39. The molecular weight excluding hydrogens is 310 g/mol. The molecule has 23 heavy (non-hydrogen) atoms. The summed E-state index contributed by atoms with van der Waals surface area (Å²) in [6.45, 7) is 2.51. The van der Waals surface area contributed by atoms with Crippen molar-refractivity contribution in [2.45, 2.75) is 18.4 Å². The monoisotopic (exact) mass is 331 g/mol. The first kappa shape index (κ1) is 17.2. The number of ether oxygens (including phenoxy) is 2. The van der Waals surface area contributed by atoms with E-state index in [0.29, 0.717) is 23.8 Å². The second-order valence-corrected chi connectivity index (χ2v) is 6.04. The van der Waals surface area contributed by atoms with Crippen molar-refractivity contribution in [3.05, 3.63) is 53.6 Å². The second kappa shape index (κ2) is 8.48. The lowest BCUT2D eigenvalue weighted by atomic mass is 10.2. The maximum Gasteiger partial charge on any atom is 0.230 e. The first-order valence-electron chi connectivity index (χ1n) is 7.30. The van der Waals surface area contributed by atoms with Crippen LogP contribution in [-0.4, -0.2) is 25.9 Å². The van der Waals surface area contributed by atoms with Gasteiger partial charge in [0.05, 0.1) is 20.0 Å². The Bertz CT molecular complexity index is 673. The van der Waals surface area contributed by atoms with E-state index in [2.05, 4.69) is 5.32 Å². The van der Waals surface area contributed by atoms with Crippen LogP contribution in [0.3, 0.4) is 0 Å². The van der Waals surface area contributed by atoms with Crippen LogP contribution in [0.25, 0.3) is 0 Å². The zero-order valence-electron chi connectivity index (χ0n) is 13.6. The zero-order valence-corrected chi connectivity index (χ0v) is 14.4. The van der Waals surface area contributed by atoms with E-state index in [9.17, 15) is 4.79 Å². The summed E-state index contributed by atoms with van der Waals surface area (Å²) >= 11 is 1.55. The molecule has 0 bridgehead atoms. The van der Waals surface area contributed by atoms with Gasteiger partial charge in [0.25, 0.3) is 0 Å². The number of nitrogens with one attached hydrogen (secondary N) is 1. The fourth-order valence-electron chi connectivity index (χ4n) is 2.10. The van der Waals surface area contributed by atoms with Gasteiger partial charge in [-0.3, -0.25) is 4.79 Å². The topological polar surface area (TPSA) is 47.6 Å². The molecule has 0 aliphatic rings. The van der Waals surface area contributed by atoms with Gasteiger partial charge in [0.15, 0.2) is 11.5 Å². The highest BCUT2D eigenvalue weighted by atomic mass is 32.2. The highest BCUT2D eigenvalue weighted by molar-refractivity contribution is 8.00. The third kappa shape index (κ3) is 4.93. The van der Waals surface area contributed by atoms with Crippen molar-refractivity contribution in [2.75, 3.05) is 20.0 Å². The Morgan fingerprint density at radius 3 is 2.52 bits per heavy atom. The molecule has 2 aromatic rings. The van der Waals surface area contributed by atoms with Crippen molar-refractivity contribution in [2.24, 2.45) is 0 Å². The van der Waals surface area contributed by atoms with E-state index < -0.39 is 0 Å². The normalized spacial score (nSPS) is 10.2. The molecule has 0 aliphatic carbocycles. The number of carbonyl (C=O) groups is 1. The highest BCUT2D eigenvalue weighted by Gasteiger charge is 2.07. The number of benzene rings is 2. The summed E-state index contributed by atoms with van der Waals surface area (Å²) < 4.78 is 10.5. The number of carbonyl (C=O) groups excluding carboxylic acids is 1. The number of aryl methyl sites for hydroxylation is 1. The molecule has 0 atom stereocenters. The predicted octanol–water partition coefficient (Wildman–Crippen LogP) is 3.42. The summed E-state index contributed by atoms with van der Waals surface area (Å²) in [6, 6.07) is 13.7. The van der Waals surface area contributed by atoms with E-state index in [1.165, 1.54) is 5.56 Å². The van der Waals surface area contributed by atoms with E-state index in [1.807, 2.05) is 49.4 Å². The van der Waals surface area contributed by atoms with Gasteiger partial charge in [-0.15, -0.1) is 11.8 Å². The predicted molar refractivity (Wildman–Crippen MR) is 93.3 cm³/mol. The number of hydrogen-bond acceptors (Lipinski definition) is 4. The fraction of sp³-hybridized carbons (Fsp3) is 0.278. The summed E-state index contributed by atoms with van der Waals surface area (Å²) in [7, 11) is 3.20. The van der Waals surface area contributed by atoms with Crippen LogP contribution in [0.15, 0.2) is 47.4 Å². The zero-order chi connectivity index (χ0) is 16.7. The first-order valence-corrected chi connectivity index (χ1v) is 8.28.